The van der Waals surface area contributed by atoms with Crippen LogP contribution in [0.3, 0.4) is 0 Å². The van der Waals surface area contributed by atoms with Crippen molar-refractivity contribution in [3.05, 3.63) is 66.4 Å². The van der Waals surface area contributed by atoms with Crippen molar-refractivity contribution < 1.29 is 4.74 Å². The number of para-hydroxylation sites is 1. The second-order valence-corrected chi connectivity index (χ2v) is 6.56. The second-order valence-electron chi connectivity index (χ2n) is 6.56. The smallest absolute Gasteiger partial charge is 0.129 e. The lowest BCUT2D eigenvalue weighted by Crippen LogP contribution is -2.16. The molecule has 1 aliphatic heterocycles. The maximum atomic E-state index is 6.04. The number of nitrogens with zero attached hydrogens (tertiary/aromatic N) is 4. The van der Waals surface area contributed by atoms with E-state index in [0.29, 0.717) is 12.6 Å². The summed E-state index contributed by atoms with van der Waals surface area (Å²) in [6, 6.07) is 18.6. The van der Waals surface area contributed by atoms with Crippen LogP contribution in [0.5, 0.6) is 5.75 Å². The molecule has 25 heavy (non-hydrogen) atoms. The SMILES string of the molecule is CN1CC[C@H](n2cc(-c3ccccc3OCc3ccccc3)nn2)C1. The summed E-state index contributed by atoms with van der Waals surface area (Å²) in [7, 11) is 2.14. The van der Waals surface area contributed by atoms with Gasteiger partial charge < -0.3 is 9.64 Å². The molecule has 0 N–H and O–H groups in total. The highest BCUT2D eigenvalue weighted by Gasteiger charge is 2.22. The van der Waals surface area contributed by atoms with Crippen molar-refractivity contribution in [1.29, 1.82) is 0 Å². The number of hydrogen-bond acceptors (Lipinski definition) is 4. The van der Waals surface area contributed by atoms with E-state index in [1.807, 2.05) is 53.3 Å². The minimum absolute atomic E-state index is 0.406. The van der Waals surface area contributed by atoms with Gasteiger partial charge in [-0.2, -0.15) is 0 Å². The molecule has 5 nitrogen and oxygen atoms in total. The molecule has 0 radical (unpaired) electrons. The minimum Gasteiger partial charge on any atom is -0.488 e. The molecule has 128 valence electrons. The third-order valence-corrected chi connectivity index (χ3v) is 4.65. The first-order chi connectivity index (χ1) is 12.3. The summed E-state index contributed by atoms with van der Waals surface area (Å²) in [5, 5.41) is 8.74. The first-order valence-corrected chi connectivity index (χ1v) is 8.66. The number of rotatable bonds is 5. The van der Waals surface area contributed by atoms with Gasteiger partial charge in [0.25, 0.3) is 0 Å². The van der Waals surface area contributed by atoms with Crippen molar-refractivity contribution in [1.82, 2.24) is 19.9 Å². The van der Waals surface area contributed by atoms with E-state index in [9.17, 15) is 0 Å². The number of hydrogen-bond donors (Lipinski definition) is 0. The number of aromatic nitrogens is 3. The van der Waals surface area contributed by atoms with Gasteiger partial charge in [0.05, 0.1) is 12.2 Å². The van der Waals surface area contributed by atoms with Crippen LogP contribution in [0.2, 0.25) is 0 Å². The van der Waals surface area contributed by atoms with E-state index in [2.05, 4.69) is 34.4 Å². The predicted molar refractivity (Wildman–Crippen MR) is 97.4 cm³/mol. The number of likely N-dealkylation sites (N-methyl/N-ethyl adjacent to an activating group) is 1. The summed E-state index contributed by atoms with van der Waals surface area (Å²) in [6.45, 7) is 2.67. The number of likely N-dealkylation sites (tertiary alicyclic amines) is 1. The van der Waals surface area contributed by atoms with E-state index >= 15 is 0 Å². The van der Waals surface area contributed by atoms with Gasteiger partial charge in [-0.25, -0.2) is 4.68 Å². The molecule has 0 spiro atoms. The summed E-state index contributed by atoms with van der Waals surface area (Å²) >= 11 is 0. The van der Waals surface area contributed by atoms with Crippen LogP contribution in [0.1, 0.15) is 18.0 Å². The molecule has 1 aliphatic rings. The molecule has 0 amide bonds. The number of ether oxygens (including phenoxy) is 1. The molecular formula is C20H22N4O. The molecule has 2 aromatic carbocycles. The van der Waals surface area contributed by atoms with E-state index < -0.39 is 0 Å². The third-order valence-electron chi connectivity index (χ3n) is 4.65. The Morgan fingerprint density at radius 2 is 1.88 bits per heavy atom. The zero-order chi connectivity index (χ0) is 17.1. The molecule has 0 saturated carbocycles. The van der Waals surface area contributed by atoms with Crippen molar-refractivity contribution in [3.8, 4) is 17.0 Å². The minimum atomic E-state index is 0.406. The Morgan fingerprint density at radius 3 is 2.68 bits per heavy atom. The first-order valence-electron chi connectivity index (χ1n) is 8.66. The van der Waals surface area contributed by atoms with Crippen molar-refractivity contribution >= 4 is 0 Å². The van der Waals surface area contributed by atoms with Gasteiger partial charge in [-0.1, -0.05) is 47.7 Å². The average molecular weight is 334 g/mol. The van der Waals surface area contributed by atoms with Crippen LogP contribution in [0.4, 0.5) is 0 Å². The summed E-state index contributed by atoms with van der Waals surface area (Å²) in [5.41, 5.74) is 2.99. The second kappa shape index (κ2) is 7.07. The topological polar surface area (TPSA) is 43.2 Å². The highest BCUT2D eigenvalue weighted by atomic mass is 16.5. The van der Waals surface area contributed by atoms with Crippen molar-refractivity contribution in [2.24, 2.45) is 0 Å². The van der Waals surface area contributed by atoms with Crippen LogP contribution in [-0.2, 0) is 6.61 Å². The van der Waals surface area contributed by atoms with Crippen LogP contribution >= 0.6 is 0 Å². The average Bonchev–Trinajstić information content (AvgIpc) is 3.30. The third kappa shape index (κ3) is 3.56. The lowest BCUT2D eigenvalue weighted by molar-refractivity contribution is 0.307. The fourth-order valence-corrected chi connectivity index (χ4v) is 3.25. The maximum absolute atomic E-state index is 6.04. The molecular weight excluding hydrogens is 312 g/mol. The fraction of sp³-hybridized carbons (Fsp3) is 0.300. The molecule has 0 unspecified atom stereocenters. The van der Waals surface area contributed by atoms with Crippen LogP contribution < -0.4 is 4.74 Å². The molecule has 4 rings (SSSR count). The molecule has 1 saturated heterocycles. The van der Waals surface area contributed by atoms with Crippen LogP contribution in [0.25, 0.3) is 11.3 Å². The van der Waals surface area contributed by atoms with Gasteiger partial charge >= 0.3 is 0 Å². The summed E-state index contributed by atoms with van der Waals surface area (Å²) in [4.78, 5) is 2.32. The van der Waals surface area contributed by atoms with Crippen molar-refractivity contribution in [2.75, 3.05) is 20.1 Å². The first kappa shape index (κ1) is 15.8. The van der Waals surface area contributed by atoms with Gasteiger partial charge in [0, 0.05) is 12.1 Å². The van der Waals surface area contributed by atoms with E-state index in [4.69, 9.17) is 4.74 Å². The number of benzene rings is 2. The van der Waals surface area contributed by atoms with Crippen LogP contribution in [-0.4, -0.2) is 40.0 Å². The van der Waals surface area contributed by atoms with Crippen LogP contribution in [0, 0.1) is 0 Å². The molecule has 0 bridgehead atoms. The van der Waals surface area contributed by atoms with Crippen molar-refractivity contribution in [2.45, 2.75) is 19.1 Å². The van der Waals surface area contributed by atoms with Gasteiger partial charge in [-0.15, -0.1) is 5.10 Å². The monoisotopic (exact) mass is 334 g/mol. The largest absolute Gasteiger partial charge is 0.488 e. The van der Waals surface area contributed by atoms with Gasteiger partial charge in [0.15, 0.2) is 0 Å². The predicted octanol–water partition coefficient (Wildman–Crippen LogP) is 3.40. The Balaban J connectivity index is 1.53. The Labute approximate surface area is 147 Å². The maximum Gasteiger partial charge on any atom is 0.129 e. The Kier molecular flexibility index (Phi) is 4.48. The zero-order valence-electron chi connectivity index (χ0n) is 14.4. The lowest BCUT2D eigenvalue weighted by atomic mass is 10.1. The molecule has 0 aliphatic carbocycles. The standard InChI is InChI=1S/C20H22N4O/c1-23-12-11-17(13-23)24-14-19(21-22-24)18-9-5-6-10-20(18)25-15-16-7-3-2-4-8-16/h2-10,14,17H,11-13,15H2,1H3/t17-/m0/s1. The van der Waals surface area contributed by atoms with Crippen LogP contribution in [0.15, 0.2) is 60.8 Å². The summed E-state index contributed by atoms with van der Waals surface area (Å²) < 4.78 is 8.04. The Morgan fingerprint density at radius 1 is 1.08 bits per heavy atom. The van der Waals surface area contributed by atoms with Gasteiger partial charge in [-0.3, -0.25) is 0 Å². The van der Waals surface area contributed by atoms with Gasteiger partial charge in [-0.05, 0) is 37.7 Å². The lowest BCUT2D eigenvalue weighted by Gasteiger charge is -2.10. The van der Waals surface area contributed by atoms with E-state index in [1.54, 1.807) is 0 Å². The molecule has 5 heteroatoms. The fourth-order valence-electron chi connectivity index (χ4n) is 3.25. The van der Waals surface area contributed by atoms with Gasteiger partial charge in [0.2, 0.25) is 0 Å². The summed E-state index contributed by atoms with van der Waals surface area (Å²) in [5.74, 6) is 0.835. The van der Waals surface area contributed by atoms with E-state index in [-0.39, 0.29) is 0 Å². The quantitative estimate of drug-likeness (QED) is 0.717. The van der Waals surface area contributed by atoms with E-state index in [1.165, 1.54) is 0 Å². The highest BCUT2D eigenvalue weighted by Crippen LogP contribution is 2.30. The highest BCUT2D eigenvalue weighted by molar-refractivity contribution is 5.66. The zero-order valence-corrected chi connectivity index (χ0v) is 14.4. The molecule has 1 atom stereocenters. The Bertz CT molecular complexity index is 830. The van der Waals surface area contributed by atoms with Crippen molar-refractivity contribution in [3.63, 3.8) is 0 Å². The molecule has 1 fully saturated rings. The van der Waals surface area contributed by atoms with Gasteiger partial charge in [0.1, 0.15) is 18.1 Å². The molecule has 3 aromatic rings. The summed E-state index contributed by atoms with van der Waals surface area (Å²) in [6.07, 6.45) is 3.15. The normalized spacial score (nSPS) is 17.7. The molecule has 1 aromatic heterocycles. The molecule has 2 heterocycles. The Hall–Kier alpha value is -2.66. The van der Waals surface area contributed by atoms with E-state index in [0.717, 1.165) is 42.1 Å².